The first-order valence-corrected chi connectivity index (χ1v) is 18.6. The van der Waals surface area contributed by atoms with Crippen LogP contribution in [0.1, 0.15) is 155 Å². The number of ether oxygens (including phenoxy) is 1. The Bertz CT molecular complexity index is 879. The van der Waals surface area contributed by atoms with Gasteiger partial charge in [0.05, 0.1) is 6.61 Å². The summed E-state index contributed by atoms with van der Waals surface area (Å²) in [6.07, 6.45) is 45.8. The molecule has 0 saturated carbocycles. The van der Waals surface area contributed by atoms with Gasteiger partial charge in [0.1, 0.15) is 0 Å². The molecule has 0 rings (SSSR count). The van der Waals surface area contributed by atoms with Crippen LogP contribution in [-0.2, 0) is 14.3 Å². The first kappa shape index (κ1) is 43.5. The third-order valence-electron chi connectivity index (χ3n) is 8.00. The maximum atomic E-state index is 12.4. The summed E-state index contributed by atoms with van der Waals surface area (Å²) in [5.74, 6) is -1.11. The lowest BCUT2D eigenvalue weighted by Crippen LogP contribution is -2.39. The average molecular weight is 641 g/mol. The van der Waals surface area contributed by atoms with Crippen LogP contribution in [0.3, 0.4) is 0 Å². The zero-order chi connectivity index (χ0) is 33.8. The molecule has 5 nitrogen and oxygen atoms in total. The Labute approximate surface area is 282 Å². The maximum absolute atomic E-state index is 12.4. The first-order chi connectivity index (χ1) is 22.6. The highest BCUT2D eigenvalue weighted by Gasteiger charge is 2.27. The Balaban J connectivity index is 4.00. The van der Waals surface area contributed by atoms with Gasteiger partial charge in [-0.1, -0.05) is 196 Å². The molecule has 5 heteroatoms. The molecule has 0 heterocycles. The molecule has 2 N–H and O–H groups in total. The van der Waals surface area contributed by atoms with Gasteiger partial charge in [-0.3, -0.25) is 4.79 Å². The van der Waals surface area contributed by atoms with E-state index in [0.717, 1.165) is 19.3 Å². The predicted molar refractivity (Wildman–Crippen MR) is 196 cm³/mol. The topological polar surface area (TPSA) is 83.8 Å². The van der Waals surface area contributed by atoms with Crippen molar-refractivity contribution >= 4 is 11.8 Å². The van der Waals surface area contributed by atoms with E-state index in [1.165, 1.54) is 121 Å². The minimum absolute atomic E-state index is 0.220. The second-order valence-electron chi connectivity index (χ2n) is 12.3. The van der Waals surface area contributed by atoms with Crippen LogP contribution < -0.4 is 0 Å². The Morgan fingerprint density at radius 3 is 1.39 bits per heavy atom. The van der Waals surface area contributed by atoms with Crippen molar-refractivity contribution in [3.8, 4) is 0 Å². The summed E-state index contributed by atoms with van der Waals surface area (Å²) in [5.41, 5.74) is 0. The Kier molecular flexibility index (Phi) is 33.4. The largest absolute Gasteiger partial charge is 0.453 e. The highest BCUT2D eigenvalue weighted by Crippen LogP contribution is 2.14. The van der Waals surface area contributed by atoms with E-state index in [1.54, 1.807) is 12.2 Å². The molecule has 0 spiro atoms. The Morgan fingerprint density at radius 2 is 0.935 bits per heavy atom. The number of hydrogen-bond acceptors (Lipinski definition) is 5. The van der Waals surface area contributed by atoms with E-state index < -0.39 is 30.6 Å². The zero-order valence-corrected chi connectivity index (χ0v) is 29.5. The first-order valence-electron chi connectivity index (χ1n) is 18.6. The average Bonchev–Trinajstić information content (AvgIpc) is 3.06. The number of unbranched alkanes of at least 4 members (excludes halogenated alkanes) is 19. The number of aliphatic hydroxyl groups excluding tert-OH is 2. The van der Waals surface area contributed by atoms with Gasteiger partial charge in [-0.15, -0.1) is 0 Å². The van der Waals surface area contributed by atoms with Crippen LogP contribution in [0.25, 0.3) is 0 Å². The number of esters is 1. The molecule has 0 bridgehead atoms. The van der Waals surface area contributed by atoms with Gasteiger partial charge in [-0.05, 0) is 19.3 Å². The van der Waals surface area contributed by atoms with Crippen molar-refractivity contribution in [1.29, 1.82) is 0 Å². The van der Waals surface area contributed by atoms with Crippen LogP contribution >= 0.6 is 0 Å². The second kappa shape index (κ2) is 35.4. The number of Topliss-reactive ketones (excluding diaryl/α,β-unsaturated/α-hetero) is 1. The summed E-state index contributed by atoms with van der Waals surface area (Å²) >= 11 is 0. The lowest BCUT2D eigenvalue weighted by Gasteiger charge is -2.19. The van der Waals surface area contributed by atoms with Crippen molar-refractivity contribution in [2.24, 2.45) is 0 Å². The summed E-state index contributed by atoms with van der Waals surface area (Å²) in [7, 11) is 0. The van der Waals surface area contributed by atoms with Crippen LogP contribution in [0.15, 0.2) is 72.9 Å². The lowest BCUT2D eigenvalue weighted by atomic mass is 10.0. The van der Waals surface area contributed by atoms with E-state index in [9.17, 15) is 19.8 Å². The van der Waals surface area contributed by atoms with E-state index in [0.29, 0.717) is 6.42 Å². The molecule has 0 aliphatic rings. The molecule has 1 unspecified atom stereocenters. The summed E-state index contributed by atoms with van der Waals surface area (Å²) in [6, 6.07) is 0. The number of allylic oxidation sites excluding steroid dienone is 11. The summed E-state index contributed by atoms with van der Waals surface area (Å²) in [4.78, 5) is 24.5. The number of carbonyl (C=O) groups is 2. The fourth-order valence-electron chi connectivity index (χ4n) is 5.10. The monoisotopic (exact) mass is 641 g/mol. The number of aliphatic hydroxyl groups is 2. The van der Waals surface area contributed by atoms with Gasteiger partial charge in [0, 0.05) is 12.5 Å². The van der Waals surface area contributed by atoms with Gasteiger partial charge in [-0.2, -0.15) is 0 Å². The number of hydrogen-bond donors (Lipinski definition) is 2. The molecule has 262 valence electrons. The molecule has 0 aliphatic heterocycles. The number of ketones is 1. The third kappa shape index (κ3) is 30.2. The molecule has 0 saturated heterocycles. The Hall–Kier alpha value is -2.50. The SMILES string of the molecule is CCCCCCCCCC=CC=CC=CC=CC=CC=CC(=O)O[C@@H](CO)C(O)C(=O)CCCCCCCCCCCCCCC. The van der Waals surface area contributed by atoms with Crippen LogP contribution in [-0.4, -0.2) is 40.8 Å². The normalized spacial score (nSPS) is 13.8. The van der Waals surface area contributed by atoms with Gasteiger partial charge in [-0.25, -0.2) is 4.79 Å². The smallest absolute Gasteiger partial charge is 0.331 e. The van der Waals surface area contributed by atoms with Crippen molar-refractivity contribution < 1.29 is 24.5 Å². The van der Waals surface area contributed by atoms with Crippen molar-refractivity contribution in [3.63, 3.8) is 0 Å². The van der Waals surface area contributed by atoms with Crippen LogP contribution in [0, 0.1) is 0 Å². The quantitative estimate of drug-likeness (QED) is 0.0331. The van der Waals surface area contributed by atoms with Crippen molar-refractivity contribution in [2.75, 3.05) is 6.61 Å². The fourth-order valence-corrected chi connectivity index (χ4v) is 5.10. The van der Waals surface area contributed by atoms with Crippen molar-refractivity contribution in [1.82, 2.24) is 0 Å². The minimum Gasteiger partial charge on any atom is -0.453 e. The molecule has 0 aromatic carbocycles. The summed E-state index contributed by atoms with van der Waals surface area (Å²) < 4.78 is 5.12. The van der Waals surface area contributed by atoms with Crippen molar-refractivity contribution in [2.45, 2.75) is 167 Å². The van der Waals surface area contributed by atoms with E-state index in [-0.39, 0.29) is 6.42 Å². The van der Waals surface area contributed by atoms with E-state index in [2.05, 4.69) is 26.0 Å². The molecule has 0 amide bonds. The van der Waals surface area contributed by atoms with E-state index in [4.69, 9.17) is 4.74 Å². The van der Waals surface area contributed by atoms with Crippen LogP contribution in [0.4, 0.5) is 0 Å². The third-order valence-corrected chi connectivity index (χ3v) is 8.00. The van der Waals surface area contributed by atoms with Gasteiger partial charge >= 0.3 is 5.97 Å². The standard InChI is InChI=1S/C41H68O5/c1-3-5-7-9-11-13-15-17-18-19-20-21-22-24-26-28-30-32-34-36-40(44)46-39(37-42)41(45)38(43)35-33-31-29-27-25-23-16-14-12-10-8-6-4-2/h18-22,24,26,28,30,32,34,36,39,41-42,45H,3-17,23,25,27,29,31,33,35,37H2,1-2H3/t39-,41?/m0/s1. The fraction of sp³-hybridized carbons (Fsp3) is 0.659. The molecule has 0 fully saturated rings. The molecule has 0 aliphatic carbocycles. The van der Waals surface area contributed by atoms with Crippen LogP contribution in [0.5, 0.6) is 0 Å². The van der Waals surface area contributed by atoms with E-state index >= 15 is 0 Å². The summed E-state index contributed by atoms with van der Waals surface area (Å²) in [6.45, 7) is 3.88. The van der Waals surface area contributed by atoms with E-state index in [1.807, 2.05) is 36.5 Å². The molecule has 0 radical (unpaired) electrons. The highest BCUT2D eigenvalue weighted by atomic mass is 16.6. The highest BCUT2D eigenvalue weighted by molar-refractivity contribution is 5.85. The summed E-state index contributed by atoms with van der Waals surface area (Å²) in [5, 5.41) is 19.9. The lowest BCUT2D eigenvalue weighted by molar-refractivity contribution is -0.156. The molecule has 46 heavy (non-hydrogen) atoms. The van der Waals surface area contributed by atoms with Gasteiger partial charge in [0.25, 0.3) is 0 Å². The molecular weight excluding hydrogens is 572 g/mol. The van der Waals surface area contributed by atoms with Gasteiger partial charge in [0.2, 0.25) is 0 Å². The molecule has 0 aromatic heterocycles. The Morgan fingerprint density at radius 1 is 0.543 bits per heavy atom. The minimum atomic E-state index is -1.51. The van der Waals surface area contributed by atoms with Gasteiger partial charge < -0.3 is 14.9 Å². The zero-order valence-electron chi connectivity index (χ0n) is 29.5. The molecule has 2 atom stereocenters. The van der Waals surface area contributed by atoms with Crippen molar-refractivity contribution in [3.05, 3.63) is 72.9 Å². The number of rotatable bonds is 32. The molecular formula is C41H68O5. The second-order valence-corrected chi connectivity index (χ2v) is 12.3. The predicted octanol–water partition coefficient (Wildman–Crippen LogP) is 10.8. The van der Waals surface area contributed by atoms with Crippen LogP contribution in [0.2, 0.25) is 0 Å². The van der Waals surface area contributed by atoms with Gasteiger partial charge in [0.15, 0.2) is 18.0 Å². The maximum Gasteiger partial charge on any atom is 0.331 e. The molecule has 0 aromatic rings. The number of carbonyl (C=O) groups excluding carboxylic acids is 2.